The molecule has 0 spiro atoms. The molecule has 0 unspecified atom stereocenters. The van der Waals surface area contributed by atoms with Crippen LogP contribution >= 0.6 is 0 Å². The maximum atomic E-state index is 13.1. The van der Waals surface area contributed by atoms with Crippen LogP contribution in [0.4, 0.5) is 4.39 Å². The second-order valence-corrected chi connectivity index (χ2v) is 6.86. The third-order valence-electron chi connectivity index (χ3n) is 4.74. The van der Waals surface area contributed by atoms with Crippen molar-refractivity contribution in [1.29, 1.82) is 0 Å². The monoisotopic (exact) mass is 330 g/mol. The van der Waals surface area contributed by atoms with Crippen LogP contribution in [0.15, 0.2) is 24.3 Å². The van der Waals surface area contributed by atoms with E-state index in [-0.39, 0.29) is 5.82 Å². The Labute approximate surface area is 141 Å². The quantitative estimate of drug-likeness (QED) is 0.817. The van der Waals surface area contributed by atoms with Gasteiger partial charge in [-0.1, -0.05) is 17.3 Å². The van der Waals surface area contributed by atoms with Gasteiger partial charge in [0, 0.05) is 32.8 Å². The summed E-state index contributed by atoms with van der Waals surface area (Å²) in [5, 5.41) is 8.62. The number of aromatic nitrogens is 3. The fraction of sp³-hybridized carbons (Fsp3) is 0.556. The van der Waals surface area contributed by atoms with E-state index in [0.29, 0.717) is 6.61 Å². The highest BCUT2D eigenvalue weighted by molar-refractivity contribution is 5.17. The molecule has 24 heavy (non-hydrogen) atoms. The molecule has 4 rings (SSSR count). The number of hydrogen-bond donors (Lipinski definition) is 0. The molecule has 2 aliphatic rings. The van der Waals surface area contributed by atoms with Gasteiger partial charge in [0.05, 0.1) is 12.3 Å². The molecule has 0 saturated heterocycles. The average Bonchev–Trinajstić information content (AvgIpc) is 3.36. The van der Waals surface area contributed by atoms with Crippen LogP contribution in [0, 0.1) is 11.7 Å². The van der Waals surface area contributed by atoms with Gasteiger partial charge in [0.1, 0.15) is 11.5 Å². The lowest BCUT2D eigenvalue weighted by atomic mass is 10.2. The minimum atomic E-state index is -0.188. The lowest BCUT2D eigenvalue weighted by Gasteiger charge is -2.20. The molecule has 1 aliphatic carbocycles. The molecule has 1 aromatic carbocycles. The van der Waals surface area contributed by atoms with Gasteiger partial charge in [-0.15, -0.1) is 5.10 Å². The van der Waals surface area contributed by atoms with Crippen molar-refractivity contribution < 1.29 is 9.13 Å². The Hall–Kier alpha value is -1.79. The van der Waals surface area contributed by atoms with E-state index >= 15 is 0 Å². The number of rotatable bonds is 6. The van der Waals surface area contributed by atoms with Crippen LogP contribution in [0.5, 0.6) is 0 Å². The molecule has 1 aliphatic heterocycles. The summed E-state index contributed by atoms with van der Waals surface area (Å²) in [6.45, 7) is 4.91. The van der Waals surface area contributed by atoms with Gasteiger partial charge >= 0.3 is 0 Å². The average molecular weight is 330 g/mol. The minimum absolute atomic E-state index is 0.188. The summed E-state index contributed by atoms with van der Waals surface area (Å²) < 4.78 is 20.9. The second-order valence-electron chi connectivity index (χ2n) is 6.86. The largest absolute Gasteiger partial charge is 0.375 e. The van der Waals surface area contributed by atoms with Crippen LogP contribution in [0.3, 0.4) is 0 Å². The lowest BCUT2D eigenvalue weighted by molar-refractivity contribution is 0.107. The highest BCUT2D eigenvalue weighted by Gasteiger charge is 2.23. The van der Waals surface area contributed by atoms with Crippen molar-refractivity contribution in [2.75, 3.05) is 13.2 Å². The van der Waals surface area contributed by atoms with Gasteiger partial charge in [-0.05, 0) is 42.9 Å². The predicted octanol–water partition coefficient (Wildman–Crippen LogP) is 2.75. The standard InChI is InChI=1S/C18H23FN4O/c19-16-6-4-14(5-7-16)10-22-8-1-9-23-18(11-22)17(20-21-23)13-24-12-15-2-3-15/h4-7,15H,1-3,8-13H2. The van der Waals surface area contributed by atoms with Crippen LogP contribution < -0.4 is 0 Å². The summed E-state index contributed by atoms with van der Waals surface area (Å²) in [5.74, 6) is 0.571. The number of ether oxygens (including phenoxy) is 1. The van der Waals surface area contributed by atoms with E-state index in [1.807, 2.05) is 16.8 Å². The number of halogens is 1. The molecule has 1 saturated carbocycles. The first-order valence-electron chi connectivity index (χ1n) is 8.74. The molecule has 1 aromatic heterocycles. The molecule has 2 heterocycles. The highest BCUT2D eigenvalue weighted by atomic mass is 19.1. The van der Waals surface area contributed by atoms with Crippen LogP contribution in [0.2, 0.25) is 0 Å². The maximum absolute atomic E-state index is 13.1. The molecule has 1 fully saturated rings. The Morgan fingerprint density at radius 2 is 2.00 bits per heavy atom. The van der Waals surface area contributed by atoms with E-state index in [0.717, 1.165) is 62.1 Å². The third-order valence-corrected chi connectivity index (χ3v) is 4.74. The Balaban J connectivity index is 1.42. The zero-order valence-corrected chi connectivity index (χ0v) is 13.8. The number of nitrogens with zero attached hydrogens (tertiary/aromatic N) is 4. The molecule has 0 amide bonds. The number of aryl methyl sites for hydroxylation is 1. The molecule has 0 N–H and O–H groups in total. The van der Waals surface area contributed by atoms with Crippen molar-refractivity contribution in [1.82, 2.24) is 19.9 Å². The molecular weight excluding hydrogens is 307 g/mol. The van der Waals surface area contributed by atoms with Crippen molar-refractivity contribution in [2.24, 2.45) is 5.92 Å². The van der Waals surface area contributed by atoms with E-state index in [4.69, 9.17) is 4.74 Å². The van der Waals surface area contributed by atoms with Gasteiger partial charge in [0.25, 0.3) is 0 Å². The Morgan fingerprint density at radius 3 is 2.79 bits per heavy atom. The third kappa shape index (κ3) is 3.82. The topological polar surface area (TPSA) is 43.2 Å². The fourth-order valence-electron chi connectivity index (χ4n) is 3.16. The van der Waals surface area contributed by atoms with Crippen molar-refractivity contribution in [2.45, 2.75) is 45.5 Å². The van der Waals surface area contributed by atoms with Crippen molar-refractivity contribution in [3.05, 3.63) is 47.0 Å². The predicted molar refractivity (Wildman–Crippen MR) is 87.5 cm³/mol. The van der Waals surface area contributed by atoms with E-state index in [9.17, 15) is 4.39 Å². The molecule has 128 valence electrons. The zero-order valence-electron chi connectivity index (χ0n) is 13.8. The highest BCUT2D eigenvalue weighted by Crippen LogP contribution is 2.29. The van der Waals surface area contributed by atoms with Crippen LogP contribution in [0.25, 0.3) is 0 Å². The van der Waals surface area contributed by atoms with E-state index in [1.54, 1.807) is 0 Å². The molecule has 0 bridgehead atoms. The van der Waals surface area contributed by atoms with Gasteiger partial charge in [0.2, 0.25) is 0 Å². The van der Waals surface area contributed by atoms with E-state index < -0.39 is 0 Å². The summed E-state index contributed by atoms with van der Waals surface area (Å²) in [4.78, 5) is 2.37. The van der Waals surface area contributed by atoms with Crippen LogP contribution in [-0.2, 0) is 31.0 Å². The summed E-state index contributed by atoms with van der Waals surface area (Å²) >= 11 is 0. The van der Waals surface area contributed by atoms with Crippen LogP contribution in [0.1, 0.15) is 36.2 Å². The van der Waals surface area contributed by atoms with Gasteiger partial charge in [-0.25, -0.2) is 9.07 Å². The van der Waals surface area contributed by atoms with Crippen LogP contribution in [-0.4, -0.2) is 33.0 Å². The zero-order chi connectivity index (χ0) is 16.4. The molecular formula is C18H23FN4O. The molecule has 0 atom stereocenters. The smallest absolute Gasteiger partial charge is 0.123 e. The first-order valence-corrected chi connectivity index (χ1v) is 8.74. The van der Waals surface area contributed by atoms with Gasteiger partial charge < -0.3 is 4.74 Å². The Morgan fingerprint density at radius 1 is 1.17 bits per heavy atom. The first kappa shape index (κ1) is 15.7. The molecule has 2 aromatic rings. The Kier molecular flexibility index (Phi) is 4.58. The lowest BCUT2D eigenvalue weighted by Crippen LogP contribution is -2.23. The molecule has 0 radical (unpaired) electrons. The van der Waals surface area contributed by atoms with Crippen molar-refractivity contribution >= 4 is 0 Å². The summed E-state index contributed by atoms with van der Waals surface area (Å²) in [6.07, 6.45) is 3.63. The van der Waals surface area contributed by atoms with Gasteiger partial charge in [-0.2, -0.15) is 0 Å². The summed E-state index contributed by atoms with van der Waals surface area (Å²) in [5.41, 5.74) is 3.25. The van der Waals surface area contributed by atoms with E-state index in [1.165, 1.54) is 25.0 Å². The second kappa shape index (κ2) is 6.99. The molecule has 6 heteroatoms. The van der Waals surface area contributed by atoms with Gasteiger partial charge in [0.15, 0.2) is 0 Å². The normalized spacial score (nSPS) is 18.4. The minimum Gasteiger partial charge on any atom is -0.375 e. The first-order chi connectivity index (χ1) is 11.8. The number of benzene rings is 1. The Bertz CT molecular complexity index is 681. The fourth-order valence-corrected chi connectivity index (χ4v) is 3.16. The van der Waals surface area contributed by atoms with Gasteiger partial charge in [-0.3, -0.25) is 4.90 Å². The molecule has 5 nitrogen and oxygen atoms in total. The number of fused-ring (bicyclic) bond motifs is 1. The number of hydrogen-bond acceptors (Lipinski definition) is 4. The summed E-state index contributed by atoms with van der Waals surface area (Å²) in [6, 6.07) is 6.76. The summed E-state index contributed by atoms with van der Waals surface area (Å²) in [7, 11) is 0. The SMILES string of the molecule is Fc1ccc(CN2CCCn3nnc(COCC4CC4)c3C2)cc1. The van der Waals surface area contributed by atoms with Crippen molar-refractivity contribution in [3.8, 4) is 0 Å². The van der Waals surface area contributed by atoms with Crippen molar-refractivity contribution in [3.63, 3.8) is 0 Å². The van der Waals surface area contributed by atoms with E-state index in [2.05, 4.69) is 15.2 Å². The maximum Gasteiger partial charge on any atom is 0.123 e.